The van der Waals surface area contributed by atoms with E-state index < -0.39 is 0 Å². The van der Waals surface area contributed by atoms with Gasteiger partial charge >= 0.3 is 0 Å². The second kappa shape index (κ2) is 7.55. The zero-order chi connectivity index (χ0) is 14.5. The van der Waals surface area contributed by atoms with Gasteiger partial charge in [-0.15, -0.1) is 11.3 Å². The topological polar surface area (TPSA) is 18.5 Å². The van der Waals surface area contributed by atoms with Gasteiger partial charge in [-0.25, -0.2) is 0 Å². The molecular formula is C16H29N3S. The minimum absolute atomic E-state index is 0.674. The van der Waals surface area contributed by atoms with Crippen LogP contribution in [0.25, 0.3) is 0 Å². The summed E-state index contributed by atoms with van der Waals surface area (Å²) in [6, 6.07) is 3.08. The Labute approximate surface area is 128 Å². The second-order valence-electron chi connectivity index (χ2n) is 6.04. The van der Waals surface area contributed by atoms with Crippen LogP contribution < -0.4 is 5.32 Å². The summed E-state index contributed by atoms with van der Waals surface area (Å²) in [6.07, 6.45) is 1.20. The van der Waals surface area contributed by atoms with Crippen molar-refractivity contribution in [3.05, 3.63) is 21.4 Å². The number of nitrogens with zero attached hydrogens (tertiary/aromatic N) is 2. The van der Waals surface area contributed by atoms with Crippen molar-refractivity contribution in [3.8, 4) is 0 Å². The van der Waals surface area contributed by atoms with Crippen LogP contribution in [-0.4, -0.2) is 49.1 Å². The Morgan fingerprint density at radius 2 is 2.20 bits per heavy atom. The van der Waals surface area contributed by atoms with E-state index >= 15 is 0 Å². The fraction of sp³-hybridized carbons (Fsp3) is 0.750. The van der Waals surface area contributed by atoms with Gasteiger partial charge in [-0.05, 0) is 45.5 Å². The van der Waals surface area contributed by atoms with Crippen molar-refractivity contribution >= 4 is 11.3 Å². The van der Waals surface area contributed by atoms with Crippen molar-refractivity contribution in [2.75, 3.05) is 33.2 Å². The van der Waals surface area contributed by atoms with Crippen molar-refractivity contribution in [3.63, 3.8) is 0 Å². The second-order valence-corrected chi connectivity index (χ2v) is 7.38. The Morgan fingerprint density at radius 1 is 1.40 bits per heavy atom. The highest BCUT2D eigenvalue weighted by molar-refractivity contribution is 7.12. The summed E-state index contributed by atoms with van der Waals surface area (Å²) in [6.45, 7) is 13.6. The van der Waals surface area contributed by atoms with Crippen LogP contribution in [0.3, 0.4) is 0 Å². The van der Waals surface area contributed by atoms with Crippen molar-refractivity contribution in [1.82, 2.24) is 15.1 Å². The van der Waals surface area contributed by atoms with E-state index in [1.807, 2.05) is 11.3 Å². The van der Waals surface area contributed by atoms with Crippen LogP contribution in [0.2, 0.25) is 0 Å². The van der Waals surface area contributed by atoms with Crippen LogP contribution in [0.4, 0.5) is 0 Å². The van der Waals surface area contributed by atoms with E-state index in [1.165, 1.54) is 41.4 Å². The highest BCUT2D eigenvalue weighted by Gasteiger charge is 2.21. The molecule has 0 radical (unpaired) electrons. The molecule has 1 unspecified atom stereocenters. The third-order valence-electron chi connectivity index (χ3n) is 4.24. The van der Waals surface area contributed by atoms with E-state index in [9.17, 15) is 0 Å². The Hall–Kier alpha value is -0.420. The highest BCUT2D eigenvalue weighted by atomic mass is 32.1. The molecule has 1 aromatic heterocycles. The van der Waals surface area contributed by atoms with Gasteiger partial charge in [0.2, 0.25) is 0 Å². The highest BCUT2D eigenvalue weighted by Crippen LogP contribution is 2.23. The molecule has 0 aliphatic carbocycles. The van der Waals surface area contributed by atoms with E-state index in [-0.39, 0.29) is 0 Å². The van der Waals surface area contributed by atoms with Crippen LogP contribution in [0, 0.1) is 6.92 Å². The molecule has 1 saturated heterocycles. The summed E-state index contributed by atoms with van der Waals surface area (Å²) in [7, 11) is 2.23. The third kappa shape index (κ3) is 4.29. The first-order valence-corrected chi connectivity index (χ1v) is 8.63. The molecule has 1 fully saturated rings. The zero-order valence-corrected chi connectivity index (χ0v) is 14.2. The molecule has 1 aliphatic rings. The van der Waals surface area contributed by atoms with Crippen LogP contribution >= 0.6 is 11.3 Å². The number of likely N-dealkylation sites (N-methyl/N-ethyl adjacent to an activating group) is 1. The summed E-state index contributed by atoms with van der Waals surface area (Å²) in [4.78, 5) is 8.03. The van der Waals surface area contributed by atoms with E-state index in [1.54, 1.807) is 0 Å². The molecule has 2 rings (SSSR count). The van der Waals surface area contributed by atoms with Crippen molar-refractivity contribution in [1.29, 1.82) is 0 Å². The number of hydrogen-bond donors (Lipinski definition) is 1. The van der Waals surface area contributed by atoms with Gasteiger partial charge in [0, 0.05) is 48.5 Å². The van der Waals surface area contributed by atoms with Gasteiger partial charge in [0.05, 0.1) is 0 Å². The number of aryl methyl sites for hydroxylation is 1. The summed E-state index contributed by atoms with van der Waals surface area (Å²) < 4.78 is 0. The summed E-state index contributed by atoms with van der Waals surface area (Å²) in [5.74, 6) is 0. The molecule has 0 spiro atoms. The predicted molar refractivity (Wildman–Crippen MR) is 88.4 cm³/mol. The quantitative estimate of drug-likeness (QED) is 0.814. The van der Waals surface area contributed by atoms with Crippen LogP contribution in [0.5, 0.6) is 0 Å². The first-order chi connectivity index (χ1) is 9.60. The molecule has 1 N–H and O–H groups in total. The normalized spacial score (nSPS) is 21.5. The maximum atomic E-state index is 3.50. The summed E-state index contributed by atoms with van der Waals surface area (Å²) >= 11 is 1.96. The van der Waals surface area contributed by atoms with Gasteiger partial charge in [-0.1, -0.05) is 6.92 Å². The summed E-state index contributed by atoms with van der Waals surface area (Å²) in [5, 5.41) is 3.50. The van der Waals surface area contributed by atoms with E-state index in [0.717, 1.165) is 19.6 Å². The van der Waals surface area contributed by atoms with Crippen molar-refractivity contribution in [2.24, 2.45) is 0 Å². The molecule has 1 aliphatic heterocycles. The lowest BCUT2D eigenvalue weighted by Gasteiger charge is -2.37. The fourth-order valence-corrected chi connectivity index (χ4v) is 3.75. The van der Waals surface area contributed by atoms with Gasteiger partial charge in [-0.3, -0.25) is 4.90 Å². The number of hydrogen-bond acceptors (Lipinski definition) is 4. The monoisotopic (exact) mass is 295 g/mol. The van der Waals surface area contributed by atoms with E-state index in [4.69, 9.17) is 0 Å². The predicted octanol–water partition coefficient (Wildman–Crippen LogP) is 2.69. The van der Waals surface area contributed by atoms with E-state index in [0.29, 0.717) is 6.04 Å². The van der Waals surface area contributed by atoms with Gasteiger partial charge in [-0.2, -0.15) is 0 Å². The molecule has 0 saturated carbocycles. The Kier molecular flexibility index (Phi) is 6.02. The standard InChI is InChI=1S/C16H29N3S/c1-5-6-17-10-16-9-15(14(3)20-16)12-19-8-7-18(4)13(2)11-19/h9,13,17H,5-8,10-12H2,1-4H3. The molecule has 2 heterocycles. The van der Waals surface area contributed by atoms with E-state index in [2.05, 4.69) is 49.0 Å². The Bertz CT molecular complexity index is 416. The van der Waals surface area contributed by atoms with Crippen LogP contribution in [0.1, 0.15) is 35.6 Å². The molecule has 3 nitrogen and oxygen atoms in total. The fourth-order valence-electron chi connectivity index (χ4n) is 2.73. The first-order valence-electron chi connectivity index (χ1n) is 7.81. The molecule has 4 heteroatoms. The average Bonchev–Trinajstić information content (AvgIpc) is 2.75. The maximum Gasteiger partial charge on any atom is 0.0299 e. The van der Waals surface area contributed by atoms with Crippen LogP contribution in [0.15, 0.2) is 6.07 Å². The molecule has 1 atom stereocenters. The molecule has 0 bridgehead atoms. The van der Waals surface area contributed by atoms with Crippen molar-refractivity contribution < 1.29 is 0 Å². The number of thiophene rings is 1. The summed E-state index contributed by atoms with van der Waals surface area (Å²) in [5.41, 5.74) is 1.53. The van der Waals surface area contributed by atoms with Crippen molar-refractivity contribution in [2.45, 2.75) is 46.3 Å². The molecule has 20 heavy (non-hydrogen) atoms. The van der Waals surface area contributed by atoms with Gasteiger partial charge in [0.1, 0.15) is 0 Å². The first kappa shape index (κ1) is 16.0. The average molecular weight is 295 g/mol. The molecule has 0 aromatic carbocycles. The number of nitrogens with one attached hydrogen (secondary N) is 1. The Balaban J connectivity index is 1.89. The number of rotatable bonds is 6. The smallest absolute Gasteiger partial charge is 0.0299 e. The minimum Gasteiger partial charge on any atom is -0.312 e. The van der Waals surface area contributed by atoms with Crippen LogP contribution in [-0.2, 0) is 13.1 Å². The molecule has 114 valence electrons. The lowest BCUT2D eigenvalue weighted by Crippen LogP contribution is -2.49. The maximum absolute atomic E-state index is 3.50. The van der Waals surface area contributed by atoms with Gasteiger partial charge < -0.3 is 10.2 Å². The molecule has 0 amide bonds. The molecular weight excluding hydrogens is 266 g/mol. The zero-order valence-electron chi connectivity index (χ0n) is 13.4. The SMILES string of the molecule is CCCNCc1cc(CN2CCN(C)C(C)C2)c(C)s1. The Morgan fingerprint density at radius 3 is 2.90 bits per heavy atom. The van der Waals surface area contributed by atoms with Gasteiger partial charge in [0.25, 0.3) is 0 Å². The lowest BCUT2D eigenvalue weighted by molar-refractivity contribution is 0.0999. The third-order valence-corrected chi connectivity index (χ3v) is 5.33. The lowest BCUT2D eigenvalue weighted by atomic mass is 10.1. The molecule has 1 aromatic rings. The minimum atomic E-state index is 0.674. The largest absolute Gasteiger partial charge is 0.312 e. The van der Waals surface area contributed by atoms with Gasteiger partial charge in [0.15, 0.2) is 0 Å². The number of piperazine rings is 1.